The Bertz CT molecular complexity index is 664. The fourth-order valence-corrected chi connectivity index (χ4v) is 5.11. The Morgan fingerprint density at radius 1 is 1.12 bits per heavy atom. The average Bonchev–Trinajstić information content (AvgIpc) is 2.48. The van der Waals surface area contributed by atoms with Crippen LogP contribution in [0.4, 0.5) is 22.4 Å². The second kappa shape index (κ2) is 6.16. The van der Waals surface area contributed by atoms with Gasteiger partial charge < -0.3 is 5.32 Å². The molecule has 24 heavy (non-hydrogen) atoms. The first-order chi connectivity index (χ1) is 11.2. The number of halogens is 5. The summed E-state index contributed by atoms with van der Waals surface area (Å²) in [6, 6.07) is 3.49. The Balaban J connectivity index is 2.02. The Morgan fingerprint density at radius 3 is 2.33 bits per heavy atom. The van der Waals surface area contributed by atoms with Gasteiger partial charge in [0.05, 0.1) is 17.9 Å². The summed E-state index contributed by atoms with van der Waals surface area (Å²) in [7, 11) is 0. The summed E-state index contributed by atoms with van der Waals surface area (Å²) in [5, 5.41) is 4.59. The smallest absolute Gasteiger partial charge is 0.333 e. The van der Waals surface area contributed by atoms with E-state index in [1.54, 1.807) is 0 Å². The number of hydrogen-bond donors (Lipinski definition) is 2. The van der Waals surface area contributed by atoms with Gasteiger partial charge in [-0.15, -0.1) is 0 Å². The van der Waals surface area contributed by atoms with Crippen molar-refractivity contribution in [1.29, 1.82) is 0 Å². The van der Waals surface area contributed by atoms with Crippen LogP contribution in [0, 0.1) is 17.7 Å². The number of nitrogens with one attached hydrogen (secondary N) is 2. The summed E-state index contributed by atoms with van der Waals surface area (Å²) in [5.74, 6) is -4.87. The summed E-state index contributed by atoms with van der Waals surface area (Å²) < 4.78 is 53.2. The molecule has 2 aliphatic rings. The second-order valence-electron chi connectivity index (χ2n) is 6.00. The lowest BCUT2D eigenvalue weighted by Crippen LogP contribution is -2.65. The van der Waals surface area contributed by atoms with Crippen LogP contribution in [-0.4, -0.2) is 28.1 Å². The van der Waals surface area contributed by atoms with Gasteiger partial charge in [0.1, 0.15) is 5.82 Å². The van der Waals surface area contributed by atoms with Gasteiger partial charge in [-0.1, -0.05) is 34.7 Å². The van der Waals surface area contributed by atoms with Crippen LogP contribution in [0.15, 0.2) is 24.3 Å². The average molecular weight is 456 g/mol. The molecule has 130 valence electrons. The topological polar surface area (TPSA) is 58.2 Å². The van der Waals surface area contributed by atoms with Crippen LogP contribution in [0.25, 0.3) is 0 Å². The molecule has 0 bridgehead atoms. The summed E-state index contributed by atoms with van der Waals surface area (Å²) in [6.45, 7) is 0. The van der Waals surface area contributed by atoms with Gasteiger partial charge in [0.15, 0.2) is 0 Å². The zero-order valence-electron chi connectivity index (χ0n) is 12.1. The predicted molar refractivity (Wildman–Crippen MR) is 85.1 cm³/mol. The molecular weight excluding hydrogens is 443 g/mol. The van der Waals surface area contributed by atoms with E-state index in [1.807, 2.05) is 27.9 Å². The largest absolute Gasteiger partial charge is 0.392 e. The third kappa shape index (κ3) is 3.09. The molecule has 2 fully saturated rings. The first-order valence-corrected chi connectivity index (χ1v) is 8.50. The lowest BCUT2D eigenvalue weighted by Gasteiger charge is -2.47. The lowest BCUT2D eigenvalue weighted by molar-refractivity contribution is -0.192. The van der Waals surface area contributed by atoms with Crippen LogP contribution in [0.1, 0.15) is 17.9 Å². The van der Waals surface area contributed by atoms with Crippen molar-refractivity contribution in [3.8, 4) is 0 Å². The SMILES string of the molecule is O=C1NC(=O)C2CC(C(F)(F)F)C(c3ccc(F)cc3)C(I)C2N1. The molecule has 0 radical (unpaired) electrons. The maximum absolute atomic E-state index is 13.6. The number of hydrogen-bond acceptors (Lipinski definition) is 2. The van der Waals surface area contributed by atoms with Crippen molar-refractivity contribution in [3.05, 3.63) is 35.6 Å². The molecule has 5 unspecified atom stereocenters. The van der Waals surface area contributed by atoms with Crippen molar-refractivity contribution in [1.82, 2.24) is 10.6 Å². The minimum atomic E-state index is -4.50. The van der Waals surface area contributed by atoms with Gasteiger partial charge in [0.2, 0.25) is 5.91 Å². The summed E-state index contributed by atoms with van der Waals surface area (Å²) in [6.07, 6.45) is -4.92. The third-order valence-corrected chi connectivity index (χ3v) is 6.16. The highest BCUT2D eigenvalue weighted by Crippen LogP contribution is 2.51. The lowest BCUT2D eigenvalue weighted by atomic mass is 9.67. The summed E-state index contributed by atoms with van der Waals surface area (Å²) in [4.78, 5) is 23.5. The molecule has 1 saturated carbocycles. The molecule has 1 aromatic carbocycles. The van der Waals surface area contributed by atoms with Crippen molar-refractivity contribution in [2.75, 3.05) is 0 Å². The minimum absolute atomic E-state index is 0.344. The van der Waals surface area contributed by atoms with Crippen molar-refractivity contribution in [2.45, 2.75) is 28.5 Å². The third-order valence-electron chi connectivity index (χ3n) is 4.61. The number of carbonyl (C=O) groups is 2. The normalized spacial score (nSPS) is 33.5. The van der Waals surface area contributed by atoms with Crippen LogP contribution in [-0.2, 0) is 4.79 Å². The summed E-state index contributed by atoms with van der Waals surface area (Å²) >= 11 is 1.85. The van der Waals surface area contributed by atoms with Crippen molar-refractivity contribution in [3.63, 3.8) is 0 Å². The number of rotatable bonds is 1. The van der Waals surface area contributed by atoms with Gasteiger partial charge in [-0.05, 0) is 24.1 Å². The minimum Gasteiger partial charge on any atom is -0.333 e. The monoisotopic (exact) mass is 456 g/mol. The molecule has 5 atom stereocenters. The Labute approximate surface area is 148 Å². The van der Waals surface area contributed by atoms with Gasteiger partial charge in [-0.2, -0.15) is 13.2 Å². The van der Waals surface area contributed by atoms with Crippen molar-refractivity contribution < 1.29 is 27.2 Å². The molecule has 0 aromatic heterocycles. The second-order valence-corrected chi connectivity index (χ2v) is 7.44. The van der Waals surface area contributed by atoms with Gasteiger partial charge >= 0.3 is 12.2 Å². The Morgan fingerprint density at radius 2 is 1.75 bits per heavy atom. The van der Waals surface area contributed by atoms with E-state index in [2.05, 4.69) is 5.32 Å². The summed E-state index contributed by atoms with van der Waals surface area (Å²) in [5.41, 5.74) is 0.344. The zero-order chi connectivity index (χ0) is 17.6. The fourth-order valence-electron chi connectivity index (χ4n) is 3.51. The zero-order valence-corrected chi connectivity index (χ0v) is 14.3. The van der Waals surface area contributed by atoms with Crippen molar-refractivity contribution in [2.24, 2.45) is 11.8 Å². The number of urea groups is 1. The molecule has 0 spiro atoms. The molecule has 3 rings (SSSR count). The van der Waals surface area contributed by atoms with Gasteiger partial charge in [0, 0.05) is 9.84 Å². The number of benzene rings is 1. The van der Waals surface area contributed by atoms with E-state index in [0.717, 1.165) is 12.1 Å². The van der Waals surface area contributed by atoms with E-state index in [1.165, 1.54) is 12.1 Å². The van der Waals surface area contributed by atoms with Crippen LogP contribution in [0.2, 0.25) is 0 Å². The highest BCUT2D eigenvalue weighted by Gasteiger charge is 2.57. The van der Waals surface area contributed by atoms with E-state index in [4.69, 9.17) is 0 Å². The molecule has 1 heterocycles. The first-order valence-electron chi connectivity index (χ1n) is 7.26. The number of carbonyl (C=O) groups excluding carboxylic acids is 2. The molecule has 1 saturated heterocycles. The highest BCUT2D eigenvalue weighted by molar-refractivity contribution is 14.1. The Hall–Kier alpha value is -1.39. The molecular formula is C15H13F4IN2O2. The Kier molecular flexibility index (Phi) is 4.47. The quantitative estimate of drug-likeness (QED) is 0.388. The molecule has 1 aromatic rings. The highest BCUT2D eigenvalue weighted by atomic mass is 127. The molecule has 3 amide bonds. The van der Waals surface area contributed by atoms with E-state index in [9.17, 15) is 27.2 Å². The molecule has 1 aliphatic carbocycles. The fraction of sp³-hybridized carbons (Fsp3) is 0.467. The number of amides is 3. The molecule has 1 aliphatic heterocycles. The van der Waals surface area contributed by atoms with E-state index in [-0.39, 0.29) is 0 Å². The van der Waals surface area contributed by atoms with Crippen molar-refractivity contribution >= 4 is 34.5 Å². The van der Waals surface area contributed by atoms with Crippen LogP contribution in [0.5, 0.6) is 0 Å². The van der Waals surface area contributed by atoms with Crippen LogP contribution < -0.4 is 10.6 Å². The number of fused-ring (bicyclic) bond motifs is 1. The standard InChI is InChI=1S/C15H13F4IN2O2/c16-7-3-1-6(2-4-7)10-9(15(17,18)19)5-8-12(11(10)20)21-14(24)22-13(8)23/h1-4,8-12H,5H2,(H2,21,22,23,24). The van der Waals surface area contributed by atoms with Gasteiger partial charge in [0.25, 0.3) is 0 Å². The van der Waals surface area contributed by atoms with Crippen LogP contribution >= 0.6 is 22.6 Å². The van der Waals surface area contributed by atoms with Crippen LogP contribution in [0.3, 0.4) is 0 Å². The van der Waals surface area contributed by atoms with E-state index < -0.39 is 58.1 Å². The maximum atomic E-state index is 13.6. The number of imide groups is 1. The number of alkyl halides is 4. The predicted octanol–water partition coefficient (Wildman–Crippen LogP) is 3.12. The van der Waals surface area contributed by atoms with Gasteiger partial charge in [-0.25, -0.2) is 9.18 Å². The molecule has 9 heteroatoms. The molecule has 4 nitrogen and oxygen atoms in total. The van der Waals surface area contributed by atoms with E-state index in [0.29, 0.717) is 5.56 Å². The maximum Gasteiger partial charge on any atom is 0.392 e. The first kappa shape index (κ1) is 17.4. The van der Waals surface area contributed by atoms with Gasteiger partial charge in [-0.3, -0.25) is 10.1 Å². The van der Waals surface area contributed by atoms with E-state index >= 15 is 0 Å². The molecule has 2 N–H and O–H groups in total.